The summed E-state index contributed by atoms with van der Waals surface area (Å²) in [5.41, 5.74) is 0.576. The average Bonchev–Trinajstić information content (AvgIpc) is 3.56. The van der Waals surface area contributed by atoms with E-state index < -0.39 is 27.5 Å². The quantitative estimate of drug-likeness (QED) is 0.556. The first-order chi connectivity index (χ1) is 15.7. The Hall–Kier alpha value is -2.17. The van der Waals surface area contributed by atoms with Crippen molar-refractivity contribution in [3.05, 3.63) is 45.8 Å². The number of alkyl halides is 1. The molecule has 4 rings (SSSR count). The maximum absolute atomic E-state index is 13.4. The average molecular weight is 499 g/mol. The summed E-state index contributed by atoms with van der Waals surface area (Å²) in [6.07, 6.45) is 2.30. The Bertz CT molecular complexity index is 1170. The fraction of sp³-hybridized carbons (Fsp3) is 0.545. The van der Waals surface area contributed by atoms with Crippen LogP contribution in [0.2, 0.25) is 5.02 Å². The summed E-state index contributed by atoms with van der Waals surface area (Å²) >= 11 is 6.08. The van der Waals surface area contributed by atoms with Crippen LogP contribution in [0, 0.1) is 11.8 Å². The van der Waals surface area contributed by atoms with Crippen LogP contribution in [-0.2, 0) is 10.0 Å². The Balaban J connectivity index is 1.62. The summed E-state index contributed by atoms with van der Waals surface area (Å²) < 4.78 is 46.6. The van der Waals surface area contributed by atoms with E-state index >= 15 is 0 Å². The number of hydrogen-bond donors (Lipinski definition) is 0. The zero-order valence-corrected chi connectivity index (χ0v) is 20.2. The smallest absolute Gasteiger partial charge is 0.316 e. The number of nitrogens with zero attached hydrogens (tertiary/aromatic N) is 4. The van der Waals surface area contributed by atoms with E-state index in [9.17, 15) is 17.6 Å². The predicted molar refractivity (Wildman–Crippen MR) is 126 cm³/mol. The van der Waals surface area contributed by atoms with Gasteiger partial charge in [-0.05, 0) is 50.3 Å². The van der Waals surface area contributed by atoms with Gasteiger partial charge in [0, 0.05) is 31.2 Å². The molecule has 1 saturated carbocycles. The van der Waals surface area contributed by atoms with Crippen molar-refractivity contribution in [2.24, 2.45) is 11.8 Å². The van der Waals surface area contributed by atoms with Gasteiger partial charge in [0.1, 0.15) is 5.69 Å². The Morgan fingerprint density at radius 3 is 2.55 bits per heavy atom. The van der Waals surface area contributed by atoms with Crippen LogP contribution in [0.25, 0.3) is 5.69 Å². The first-order valence-electron chi connectivity index (χ1n) is 11.0. The van der Waals surface area contributed by atoms with E-state index in [0.717, 1.165) is 6.42 Å². The first-order valence-corrected chi connectivity index (χ1v) is 12.9. The molecule has 0 radical (unpaired) electrons. The molecule has 1 aliphatic carbocycles. The highest BCUT2D eigenvalue weighted by Crippen LogP contribution is 2.39. The summed E-state index contributed by atoms with van der Waals surface area (Å²) in [7, 11) is -3.35. The Kier molecular flexibility index (Phi) is 6.97. The molecule has 180 valence electrons. The number of anilines is 1. The molecule has 33 heavy (non-hydrogen) atoms. The molecular formula is C22H28ClFN4O4S. The van der Waals surface area contributed by atoms with Crippen molar-refractivity contribution in [1.29, 1.82) is 0 Å². The van der Waals surface area contributed by atoms with Crippen molar-refractivity contribution in [3.8, 4) is 11.4 Å². The molecule has 1 aliphatic heterocycles. The lowest BCUT2D eigenvalue weighted by Gasteiger charge is -2.36. The van der Waals surface area contributed by atoms with Crippen LogP contribution in [0.15, 0.2) is 35.3 Å². The standard InChI is InChI=1S/C22H28ClFN4O4S/c1-15(2)33(30,31)27-8-6-26(7-9-27)20-13-25-28(19-5-3-4-18(23)11-19)22(29)21(20)32-14-17-10-16(17)12-24/h3-5,11,13,15-17H,6-10,12,14H2,1-2H3. The zero-order chi connectivity index (χ0) is 23.8. The zero-order valence-electron chi connectivity index (χ0n) is 18.7. The minimum atomic E-state index is -3.35. The van der Waals surface area contributed by atoms with Gasteiger partial charge in [0.15, 0.2) is 0 Å². The van der Waals surface area contributed by atoms with Gasteiger partial charge in [0.2, 0.25) is 15.8 Å². The van der Waals surface area contributed by atoms with Gasteiger partial charge in [-0.15, -0.1) is 0 Å². The van der Waals surface area contributed by atoms with Crippen LogP contribution in [0.1, 0.15) is 20.3 Å². The summed E-state index contributed by atoms with van der Waals surface area (Å²) in [6, 6.07) is 6.79. The minimum absolute atomic E-state index is 0.0183. The van der Waals surface area contributed by atoms with Gasteiger partial charge in [0.05, 0.1) is 30.4 Å². The van der Waals surface area contributed by atoms with Gasteiger partial charge in [-0.1, -0.05) is 17.7 Å². The molecule has 0 bridgehead atoms. The number of sulfonamides is 1. The molecule has 2 aromatic rings. The molecule has 0 spiro atoms. The minimum Gasteiger partial charge on any atom is -0.486 e. The van der Waals surface area contributed by atoms with E-state index in [1.54, 1.807) is 44.3 Å². The molecule has 2 fully saturated rings. The van der Waals surface area contributed by atoms with Crippen LogP contribution < -0.4 is 15.2 Å². The van der Waals surface area contributed by atoms with Crippen molar-refractivity contribution in [3.63, 3.8) is 0 Å². The molecule has 2 unspecified atom stereocenters. The Morgan fingerprint density at radius 2 is 1.94 bits per heavy atom. The highest BCUT2D eigenvalue weighted by atomic mass is 35.5. The highest BCUT2D eigenvalue weighted by Gasteiger charge is 2.38. The van der Waals surface area contributed by atoms with Gasteiger partial charge >= 0.3 is 5.56 Å². The predicted octanol–water partition coefficient (Wildman–Crippen LogP) is 2.73. The number of rotatable bonds is 8. The van der Waals surface area contributed by atoms with Crippen LogP contribution in [0.3, 0.4) is 0 Å². The van der Waals surface area contributed by atoms with Gasteiger partial charge in [-0.25, -0.2) is 8.42 Å². The number of piperazine rings is 1. The number of ether oxygens (including phenoxy) is 1. The molecule has 1 aromatic carbocycles. The molecule has 11 heteroatoms. The summed E-state index contributed by atoms with van der Waals surface area (Å²) in [4.78, 5) is 15.3. The largest absolute Gasteiger partial charge is 0.486 e. The molecular weight excluding hydrogens is 471 g/mol. The molecule has 0 N–H and O–H groups in total. The van der Waals surface area contributed by atoms with Gasteiger partial charge in [-0.3, -0.25) is 9.18 Å². The van der Waals surface area contributed by atoms with Crippen molar-refractivity contribution < 1.29 is 17.5 Å². The third kappa shape index (κ3) is 5.02. The van der Waals surface area contributed by atoms with Crippen LogP contribution in [0.5, 0.6) is 5.75 Å². The normalized spacial score (nSPS) is 21.4. The van der Waals surface area contributed by atoms with Gasteiger partial charge in [-0.2, -0.15) is 14.1 Å². The van der Waals surface area contributed by atoms with Crippen molar-refractivity contribution in [2.75, 3.05) is 44.4 Å². The summed E-state index contributed by atoms with van der Waals surface area (Å²) in [5, 5.41) is 4.31. The third-order valence-electron chi connectivity index (χ3n) is 6.21. The van der Waals surface area contributed by atoms with E-state index in [1.165, 1.54) is 8.99 Å². The van der Waals surface area contributed by atoms with E-state index in [0.29, 0.717) is 42.6 Å². The number of benzene rings is 1. The second kappa shape index (κ2) is 9.60. The fourth-order valence-corrected chi connectivity index (χ4v) is 5.41. The van der Waals surface area contributed by atoms with Gasteiger partial charge < -0.3 is 9.64 Å². The monoisotopic (exact) mass is 498 g/mol. The lowest BCUT2D eigenvalue weighted by Crippen LogP contribution is -2.50. The molecule has 2 aliphatic rings. The Morgan fingerprint density at radius 1 is 1.21 bits per heavy atom. The molecule has 2 heterocycles. The van der Waals surface area contributed by atoms with Crippen molar-refractivity contribution in [1.82, 2.24) is 14.1 Å². The first kappa shape index (κ1) is 24.0. The lowest BCUT2D eigenvalue weighted by molar-refractivity contribution is 0.278. The lowest BCUT2D eigenvalue weighted by atomic mass is 10.3. The SMILES string of the molecule is CC(C)S(=O)(=O)N1CCN(c2cnn(-c3cccc(Cl)c3)c(=O)c2OCC2CC2CF)CC1. The molecule has 8 nitrogen and oxygen atoms in total. The molecule has 1 saturated heterocycles. The molecule has 0 amide bonds. The second-order valence-corrected chi connectivity index (χ2v) is 11.7. The van der Waals surface area contributed by atoms with Crippen molar-refractivity contribution >= 4 is 27.3 Å². The summed E-state index contributed by atoms with van der Waals surface area (Å²) in [6.45, 7) is 4.61. The number of hydrogen-bond acceptors (Lipinski definition) is 6. The summed E-state index contributed by atoms with van der Waals surface area (Å²) in [5.74, 6) is 0.202. The molecule has 2 atom stereocenters. The van der Waals surface area contributed by atoms with Crippen LogP contribution in [0.4, 0.5) is 10.1 Å². The topological polar surface area (TPSA) is 84.7 Å². The van der Waals surface area contributed by atoms with Gasteiger partial charge in [0.25, 0.3) is 0 Å². The van der Waals surface area contributed by atoms with E-state index in [2.05, 4.69) is 5.10 Å². The van der Waals surface area contributed by atoms with E-state index in [1.807, 2.05) is 4.90 Å². The van der Waals surface area contributed by atoms with Crippen molar-refractivity contribution in [2.45, 2.75) is 25.5 Å². The molecule has 1 aromatic heterocycles. The second-order valence-electron chi connectivity index (χ2n) is 8.76. The third-order valence-corrected chi connectivity index (χ3v) is 8.72. The van der Waals surface area contributed by atoms with E-state index in [4.69, 9.17) is 16.3 Å². The maximum Gasteiger partial charge on any atom is 0.316 e. The Labute approximate surface area is 197 Å². The number of aromatic nitrogens is 2. The van der Waals surface area contributed by atoms with Crippen LogP contribution in [-0.4, -0.2) is 67.2 Å². The highest BCUT2D eigenvalue weighted by molar-refractivity contribution is 7.89. The van der Waals surface area contributed by atoms with E-state index in [-0.39, 0.29) is 24.2 Å². The maximum atomic E-state index is 13.4. The fourth-order valence-electron chi connectivity index (χ4n) is 3.96. The van der Waals surface area contributed by atoms with Crippen LogP contribution >= 0.6 is 11.6 Å². The number of halogens is 2.